The Hall–Kier alpha value is -1.02. The molecule has 0 aliphatic carbocycles. The summed E-state index contributed by atoms with van der Waals surface area (Å²) < 4.78 is 5.91. The zero-order chi connectivity index (χ0) is 13.4. The molecular weight excluding hydrogens is 222 g/mol. The van der Waals surface area contributed by atoms with Gasteiger partial charge >= 0.3 is 0 Å². The van der Waals surface area contributed by atoms with Crippen LogP contribution in [0.4, 0.5) is 0 Å². The van der Waals surface area contributed by atoms with Crippen LogP contribution in [-0.2, 0) is 0 Å². The predicted molar refractivity (Wildman–Crippen MR) is 78.4 cm³/mol. The number of rotatable bonds is 8. The van der Waals surface area contributed by atoms with Crippen LogP contribution < -0.4 is 10.1 Å². The van der Waals surface area contributed by atoms with E-state index < -0.39 is 0 Å². The Kier molecular flexibility index (Phi) is 6.81. The number of hydrogen-bond donors (Lipinski definition) is 1. The summed E-state index contributed by atoms with van der Waals surface area (Å²) in [5.74, 6) is 1.55. The number of ether oxygens (including phenoxy) is 1. The first-order valence-electron chi connectivity index (χ1n) is 7.10. The molecule has 0 spiro atoms. The second-order valence-electron chi connectivity index (χ2n) is 5.18. The Labute approximate surface area is 112 Å². The number of nitrogens with one attached hydrogen (secondary N) is 1. The van der Waals surface area contributed by atoms with Gasteiger partial charge in [0.05, 0.1) is 6.61 Å². The van der Waals surface area contributed by atoms with E-state index in [1.54, 1.807) is 0 Å². The third-order valence-corrected chi connectivity index (χ3v) is 3.09. The average molecular weight is 249 g/mol. The summed E-state index contributed by atoms with van der Waals surface area (Å²) in [6.07, 6.45) is 2.23. The van der Waals surface area contributed by atoms with Gasteiger partial charge < -0.3 is 10.1 Å². The molecule has 2 heteroatoms. The number of benzene rings is 1. The Balaban J connectivity index is 2.39. The van der Waals surface area contributed by atoms with E-state index in [1.807, 2.05) is 6.07 Å². The highest BCUT2D eigenvalue weighted by Crippen LogP contribution is 2.25. The zero-order valence-electron chi connectivity index (χ0n) is 12.2. The van der Waals surface area contributed by atoms with Crippen LogP contribution in [0, 0.1) is 0 Å². The van der Waals surface area contributed by atoms with Gasteiger partial charge in [-0.25, -0.2) is 0 Å². The van der Waals surface area contributed by atoms with Crippen LogP contribution in [-0.4, -0.2) is 19.2 Å². The lowest BCUT2D eigenvalue weighted by molar-refractivity contribution is 0.287. The van der Waals surface area contributed by atoms with Crippen molar-refractivity contribution in [1.82, 2.24) is 5.32 Å². The van der Waals surface area contributed by atoms with Crippen LogP contribution in [0.15, 0.2) is 24.3 Å². The lowest BCUT2D eigenvalue weighted by atomic mass is 10.0. The van der Waals surface area contributed by atoms with Gasteiger partial charge in [0.15, 0.2) is 0 Å². The lowest BCUT2D eigenvalue weighted by Crippen LogP contribution is -2.28. The first-order chi connectivity index (χ1) is 8.65. The minimum absolute atomic E-state index is 0.511. The first-order valence-corrected chi connectivity index (χ1v) is 7.10. The fraction of sp³-hybridized carbons (Fsp3) is 0.625. The molecule has 0 aliphatic heterocycles. The second-order valence-corrected chi connectivity index (χ2v) is 5.18. The van der Waals surface area contributed by atoms with Gasteiger partial charge in [-0.3, -0.25) is 0 Å². The summed E-state index contributed by atoms with van der Waals surface area (Å²) >= 11 is 0. The fourth-order valence-corrected chi connectivity index (χ4v) is 1.93. The molecule has 18 heavy (non-hydrogen) atoms. The van der Waals surface area contributed by atoms with Gasteiger partial charge in [-0.15, -0.1) is 0 Å². The molecule has 1 unspecified atom stereocenters. The van der Waals surface area contributed by atoms with Crippen molar-refractivity contribution < 1.29 is 4.74 Å². The van der Waals surface area contributed by atoms with Crippen molar-refractivity contribution in [3.8, 4) is 5.75 Å². The molecule has 1 N–H and O–H groups in total. The predicted octanol–water partition coefficient (Wildman–Crippen LogP) is 3.97. The highest BCUT2D eigenvalue weighted by atomic mass is 16.5. The Morgan fingerprint density at radius 1 is 1.17 bits per heavy atom. The maximum Gasteiger partial charge on any atom is 0.122 e. The molecule has 0 bridgehead atoms. The van der Waals surface area contributed by atoms with E-state index in [1.165, 1.54) is 12.0 Å². The van der Waals surface area contributed by atoms with E-state index in [0.29, 0.717) is 12.0 Å². The highest BCUT2D eigenvalue weighted by molar-refractivity contribution is 5.35. The summed E-state index contributed by atoms with van der Waals surface area (Å²) in [5, 5.41) is 3.48. The van der Waals surface area contributed by atoms with Gasteiger partial charge in [-0.05, 0) is 43.9 Å². The molecule has 0 saturated carbocycles. The first kappa shape index (κ1) is 15.0. The molecule has 0 amide bonds. The van der Waals surface area contributed by atoms with Crippen molar-refractivity contribution in [1.29, 1.82) is 0 Å². The third kappa shape index (κ3) is 5.09. The van der Waals surface area contributed by atoms with Gasteiger partial charge in [0.25, 0.3) is 0 Å². The summed E-state index contributed by atoms with van der Waals surface area (Å²) in [6, 6.07) is 8.86. The van der Waals surface area contributed by atoms with E-state index >= 15 is 0 Å². The van der Waals surface area contributed by atoms with E-state index in [4.69, 9.17) is 4.74 Å². The molecule has 0 aliphatic rings. The van der Waals surface area contributed by atoms with E-state index in [2.05, 4.69) is 51.2 Å². The maximum absolute atomic E-state index is 5.91. The summed E-state index contributed by atoms with van der Waals surface area (Å²) in [5.41, 5.74) is 1.30. The van der Waals surface area contributed by atoms with Gasteiger partial charge in [0.1, 0.15) is 5.75 Å². The van der Waals surface area contributed by atoms with Crippen LogP contribution in [0.25, 0.3) is 0 Å². The number of hydrogen-bond acceptors (Lipinski definition) is 2. The molecule has 1 aromatic carbocycles. The van der Waals surface area contributed by atoms with Crippen molar-refractivity contribution in [2.45, 2.75) is 52.5 Å². The Morgan fingerprint density at radius 2 is 1.89 bits per heavy atom. The molecule has 0 aromatic heterocycles. The molecule has 0 fully saturated rings. The SMILES string of the molecule is CCCNC(C)CCOc1ccccc1C(C)C. The van der Waals surface area contributed by atoms with Crippen LogP contribution >= 0.6 is 0 Å². The van der Waals surface area contributed by atoms with Gasteiger partial charge in [0.2, 0.25) is 0 Å². The summed E-state index contributed by atoms with van der Waals surface area (Å²) in [6.45, 7) is 10.7. The molecule has 1 rings (SSSR count). The molecule has 1 atom stereocenters. The molecular formula is C16H27NO. The smallest absolute Gasteiger partial charge is 0.122 e. The Morgan fingerprint density at radius 3 is 2.56 bits per heavy atom. The standard InChI is InChI=1S/C16H27NO/c1-5-11-17-14(4)10-12-18-16-9-7-6-8-15(16)13(2)3/h6-9,13-14,17H,5,10-12H2,1-4H3. The quantitative estimate of drug-likeness (QED) is 0.753. The average Bonchev–Trinajstić information content (AvgIpc) is 2.36. The fourth-order valence-electron chi connectivity index (χ4n) is 1.93. The lowest BCUT2D eigenvalue weighted by Gasteiger charge is -2.16. The second kappa shape index (κ2) is 8.15. The van der Waals surface area contributed by atoms with E-state index in [9.17, 15) is 0 Å². The van der Waals surface area contributed by atoms with Crippen LogP contribution in [0.3, 0.4) is 0 Å². The van der Waals surface area contributed by atoms with Crippen molar-refractivity contribution in [3.63, 3.8) is 0 Å². The minimum atomic E-state index is 0.511. The summed E-state index contributed by atoms with van der Waals surface area (Å²) in [7, 11) is 0. The van der Waals surface area contributed by atoms with E-state index in [-0.39, 0.29) is 0 Å². The maximum atomic E-state index is 5.91. The monoisotopic (exact) mass is 249 g/mol. The third-order valence-electron chi connectivity index (χ3n) is 3.09. The van der Waals surface area contributed by atoms with Crippen molar-refractivity contribution in [3.05, 3.63) is 29.8 Å². The van der Waals surface area contributed by atoms with Gasteiger partial charge in [-0.2, -0.15) is 0 Å². The molecule has 0 saturated heterocycles. The van der Waals surface area contributed by atoms with Crippen molar-refractivity contribution >= 4 is 0 Å². The number of para-hydroxylation sites is 1. The normalized spacial score (nSPS) is 12.7. The van der Waals surface area contributed by atoms with Crippen LogP contribution in [0.5, 0.6) is 5.75 Å². The van der Waals surface area contributed by atoms with Gasteiger partial charge in [-0.1, -0.05) is 39.0 Å². The minimum Gasteiger partial charge on any atom is -0.493 e. The van der Waals surface area contributed by atoms with Crippen molar-refractivity contribution in [2.24, 2.45) is 0 Å². The van der Waals surface area contributed by atoms with Crippen LogP contribution in [0.1, 0.15) is 52.0 Å². The molecule has 0 heterocycles. The topological polar surface area (TPSA) is 21.3 Å². The summed E-state index contributed by atoms with van der Waals surface area (Å²) in [4.78, 5) is 0. The highest BCUT2D eigenvalue weighted by Gasteiger charge is 2.07. The largest absolute Gasteiger partial charge is 0.493 e. The molecule has 1 aromatic rings. The van der Waals surface area contributed by atoms with E-state index in [0.717, 1.165) is 25.3 Å². The van der Waals surface area contributed by atoms with Crippen molar-refractivity contribution in [2.75, 3.05) is 13.2 Å². The molecule has 2 nitrogen and oxygen atoms in total. The molecule has 102 valence electrons. The Bertz CT molecular complexity index is 336. The van der Waals surface area contributed by atoms with Crippen LogP contribution in [0.2, 0.25) is 0 Å². The molecule has 0 radical (unpaired) electrons. The zero-order valence-corrected chi connectivity index (χ0v) is 12.2. The van der Waals surface area contributed by atoms with Gasteiger partial charge in [0, 0.05) is 6.04 Å².